The Morgan fingerprint density at radius 2 is 1.26 bits per heavy atom. The fourth-order valence-corrected chi connectivity index (χ4v) is 4.30. The summed E-state index contributed by atoms with van der Waals surface area (Å²) in [7, 11) is 1.29. The highest BCUT2D eigenvalue weighted by molar-refractivity contribution is 7.46. The first kappa shape index (κ1) is 33.5. The van der Waals surface area contributed by atoms with Gasteiger partial charge in [-0.2, -0.15) is 0 Å². The van der Waals surface area contributed by atoms with Crippen LogP contribution in [0.2, 0.25) is 0 Å². The molecule has 0 aromatic carbocycles. The number of rotatable bonds is 23. The Morgan fingerprint density at radius 1 is 0.824 bits per heavy atom. The number of carbonyl (C=O) groups is 1. The summed E-state index contributed by atoms with van der Waals surface area (Å²) in [6, 6.07) is 0. The Hall–Kier alpha value is -0.500. The summed E-state index contributed by atoms with van der Waals surface area (Å²) < 4.78 is 15.7. The van der Waals surface area contributed by atoms with Gasteiger partial charge in [0, 0.05) is 13.1 Å². The molecule has 0 aliphatic heterocycles. The van der Waals surface area contributed by atoms with Gasteiger partial charge in [0.1, 0.15) is 0 Å². The van der Waals surface area contributed by atoms with E-state index in [9.17, 15) is 14.5 Å². The monoisotopic (exact) mass is 509 g/mol. The minimum Gasteiger partial charge on any atom is -0.391 e. The number of aliphatic hydroxyl groups excluding tert-OH is 1. The van der Waals surface area contributed by atoms with E-state index in [2.05, 4.69) is 11.4 Å². The smallest absolute Gasteiger partial charge is 0.391 e. The molecule has 0 aliphatic carbocycles. The molecule has 0 aromatic rings. The van der Waals surface area contributed by atoms with E-state index < -0.39 is 20.5 Å². The van der Waals surface area contributed by atoms with Crippen LogP contribution in [0.1, 0.15) is 103 Å². The van der Waals surface area contributed by atoms with E-state index >= 15 is 0 Å². The van der Waals surface area contributed by atoms with Crippen molar-refractivity contribution in [1.82, 2.24) is 4.90 Å². The summed E-state index contributed by atoms with van der Waals surface area (Å²) in [6.07, 6.45) is 17.1. The third-order valence-corrected chi connectivity index (χ3v) is 6.40. The number of aliphatic hydroxyl groups is 1. The summed E-state index contributed by atoms with van der Waals surface area (Å²) in [5.74, 6) is 0.0327. The number of nitrogens with zero attached hydrogens (tertiary/aromatic N) is 2. The molecule has 0 saturated heterocycles. The molecule has 34 heavy (non-hydrogen) atoms. The van der Waals surface area contributed by atoms with E-state index in [1.54, 1.807) is 4.90 Å². The summed E-state index contributed by atoms with van der Waals surface area (Å²) in [6.45, 7) is 3.17. The van der Waals surface area contributed by atoms with Crippen LogP contribution in [0.25, 0.3) is 0 Å². The van der Waals surface area contributed by atoms with Crippen LogP contribution in [0.5, 0.6) is 0 Å². The molecule has 0 radical (unpaired) electrons. The molecule has 0 rings (SSSR count). The Morgan fingerprint density at radius 3 is 1.68 bits per heavy atom. The van der Waals surface area contributed by atoms with E-state index in [-0.39, 0.29) is 12.3 Å². The first-order valence-corrected chi connectivity index (χ1v) is 14.9. The van der Waals surface area contributed by atoms with Gasteiger partial charge in [-0.15, -0.1) is 0 Å². The third kappa shape index (κ3) is 23.3. The Balaban J connectivity index is 4.06. The first-order chi connectivity index (χ1) is 15.9. The minimum atomic E-state index is -4.60. The lowest BCUT2D eigenvalue weighted by Gasteiger charge is -2.29. The predicted molar refractivity (Wildman–Crippen MR) is 138 cm³/mol. The van der Waals surface area contributed by atoms with Crippen LogP contribution in [0, 0.1) is 0 Å². The Labute approximate surface area is 208 Å². The van der Waals surface area contributed by atoms with Crippen LogP contribution in [0.4, 0.5) is 0 Å². The molecule has 0 saturated carbocycles. The highest BCUT2D eigenvalue weighted by Gasteiger charge is 2.22. The van der Waals surface area contributed by atoms with Gasteiger partial charge < -0.3 is 24.3 Å². The van der Waals surface area contributed by atoms with Crippen molar-refractivity contribution in [3.8, 4) is 0 Å². The average molecular weight is 510 g/mol. The van der Waals surface area contributed by atoms with E-state index in [4.69, 9.17) is 9.79 Å². The van der Waals surface area contributed by atoms with Gasteiger partial charge in [0.05, 0.1) is 33.9 Å². The van der Waals surface area contributed by atoms with Crippen molar-refractivity contribution < 1.29 is 33.3 Å². The second-order valence-corrected chi connectivity index (χ2v) is 11.9. The van der Waals surface area contributed by atoms with Crippen molar-refractivity contribution in [3.63, 3.8) is 0 Å². The maximum absolute atomic E-state index is 12.7. The summed E-state index contributed by atoms with van der Waals surface area (Å²) >= 11 is 0. The number of hydrogen-bond donors (Lipinski definition) is 3. The molecule has 0 spiro atoms. The highest BCUT2D eigenvalue weighted by atomic mass is 31.2. The fourth-order valence-electron chi connectivity index (χ4n) is 3.94. The zero-order valence-electron chi connectivity index (χ0n) is 22.4. The van der Waals surface area contributed by atoms with Gasteiger partial charge in [0.2, 0.25) is 0 Å². The van der Waals surface area contributed by atoms with Gasteiger partial charge in [0.15, 0.2) is 6.54 Å². The molecule has 1 atom stereocenters. The molecule has 3 N–H and O–H groups in total. The quantitative estimate of drug-likeness (QED) is 0.103. The van der Waals surface area contributed by atoms with Crippen molar-refractivity contribution >= 4 is 13.7 Å². The molecule has 0 fully saturated rings. The topological polar surface area (TPSA) is 107 Å². The van der Waals surface area contributed by atoms with E-state index in [1.165, 1.54) is 77.0 Å². The second kappa shape index (κ2) is 19.7. The fraction of sp³-hybridized carbons (Fsp3) is 0.960. The molecule has 0 heterocycles. The van der Waals surface area contributed by atoms with Crippen LogP contribution < -0.4 is 0 Å². The molecule has 8 nitrogen and oxygen atoms in total. The first-order valence-electron chi connectivity index (χ1n) is 13.4. The Bertz CT molecular complexity index is 550. The van der Waals surface area contributed by atoms with Crippen molar-refractivity contribution in [2.45, 2.75) is 109 Å². The van der Waals surface area contributed by atoms with Crippen molar-refractivity contribution in [2.24, 2.45) is 0 Å². The van der Waals surface area contributed by atoms with E-state index in [0.717, 1.165) is 12.8 Å². The SMILES string of the molecule is CCCCCCCCCCCCCCCCN(CCC(O)COP(=O)(O)O)C(=O)C[N+](C)(C)C. The van der Waals surface area contributed by atoms with Crippen LogP contribution in [0.3, 0.4) is 0 Å². The van der Waals surface area contributed by atoms with Gasteiger partial charge in [0.25, 0.3) is 5.91 Å². The lowest BCUT2D eigenvalue weighted by atomic mass is 10.0. The standard InChI is InChI=1S/C25H53N2O6P/c1-5-6-7-8-9-10-11-12-13-14-15-16-17-18-20-26(25(29)22-27(2,3)4)21-19-24(28)23-33-34(30,31)32/h24,28H,5-23H2,1-4H3,(H-,30,31,32)/p+1. The number of likely N-dealkylation sites (N-methyl/N-ethyl adjacent to an activating group) is 1. The van der Waals surface area contributed by atoms with Gasteiger partial charge in [-0.05, 0) is 12.8 Å². The van der Waals surface area contributed by atoms with Gasteiger partial charge >= 0.3 is 7.82 Å². The molecule has 1 unspecified atom stereocenters. The number of phosphoric acid groups is 1. The molecule has 0 aromatic heterocycles. The number of hydrogen-bond acceptors (Lipinski definition) is 4. The highest BCUT2D eigenvalue weighted by Crippen LogP contribution is 2.35. The molecule has 1 amide bonds. The van der Waals surface area contributed by atoms with Gasteiger partial charge in [-0.3, -0.25) is 9.32 Å². The Kier molecular flexibility index (Phi) is 19.4. The van der Waals surface area contributed by atoms with Crippen LogP contribution in [-0.4, -0.2) is 83.7 Å². The number of carbonyl (C=O) groups excluding carboxylic acids is 1. The lowest BCUT2D eigenvalue weighted by Crippen LogP contribution is -2.47. The van der Waals surface area contributed by atoms with Crippen LogP contribution >= 0.6 is 7.82 Å². The van der Waals surface area contributed by atoms with E-state index in [1.807, 2.05) is 21.1 Å². The summed E-state index contributed by atoms with van der Waals surface area (Å²) in [5.41, 5.74) is 0. The molecular formula is C25H54N2O6P+. The molecular weight excluding hydrogens is 455 g/mol. The van der Waals surface area contributed by atoms with Crippen molar-refractivity contribution in [3.05, 3.63) is 0 Å². The maximum Gasteiger partial charge on any atom is 0.469 e. The molecule has 0 aliphatic rings. The molecule has 0 bridgehead atoms. The summed E-state index contributed by atoms with van der Waals surface area (Å²) in [5, 5.41) is 9.96. The minimum absolute atomic E-state index is 0.0327. The molecule has 204 valence electrons. The second-order valence-electron chi connectivity index (χ2n) is 10.7. The number of quaternary nitrogens is 1. The number of unbranched alkanes of at least 4 members (excludes halogenated alkanes) is 13. The average Bonchev–Trinajstić information content (AvgIpc) is 2.72. The van der Waals surface area contributed by atoms with Crippen molar-refractivity contribution in [1.29, 1.82) is 0 Å². The van der Waals surface area contributed by atoms with Gasteiger partial charge in [-0.25, -0.2) is 4.57 Å². The zero-order valence-corrected chi connectivity index (χ0v) is 23.3. The van der Waals surface area contributed by atoms with Crippen LogP contribution in [-0.2, 0) is 13.9 Å². The van der Waals surface area contributed by atoms with E-state index in [0.29, 0.717) is 24.1 Å². The number of phosphoric ester groups is 1. The zero-order chi connectivity index (χ0) is 25.9. The van der Waals surface area contributed by atoms with Crippen molar-refractivity contribution in [2.75, 3.05) is 47.4 Å². The number of amides is 1. The normalized spacial score (nSPS) is 13.3. The predicted octanol–water partition coefficient (Wildman–Crippen LogP) is 4.86. The molecule has 9 heteroatoms. The van der Waals surface area contributed by atoms with Crippen LogP contribution in [0.15, 0.2) is 0 Å². The largest absolute Gasteiger partial charge is 0.469 e. The third-order valence-electron chi connectivity index (χ3n) is 5.91. The summed E-state index contributed by atoms with van der Waals surface area (Å²) in [4.78, 5) is 32.0. The maximum atomic E-state index is 12.7. The lowest BCUT2D eigenvalue weighted by molar-refractivity contribution is -0.862. The van der Waals surface area contributed by atoms with Gasteiger partial charge in [-0.1, -0.05) is 90.4 Å².